The van der Waals surface area contributed by atoms with Crippen molar-refractivity contribution in [1.82, 2.24) is 15.2 Å². The molecule has 0 unspecified atom stereocenters. The molecule has 16 heavy (non-hydrogen) atoms. The Balaban J connectivity index is 1.96. The lowest BCUT2D eigenvalue weighted by molar-refractivity contribution is 0.198. The van der Waals surface area contributed by atoms with Gasteiger partial charge in [0.15, 0.2) is 0 Å². The summed E-state index contributed by atoms with van der Waals surface area (Å²) in [5.74, 6) is -0.0493. The van der Waals surface area contributed by atoms with E-state index < -0.39 is 0 Å². The normalized spacial score (nSPS) is 13.4. The Bertz CT molecular complexity index is 406. The lowest BCUT2D eigenvalue weighted by atomic mass is 10.2. The van der Waals surface area contributed by atoms with Crippen LogP contribution in [0.1, 0.15) is 11.1 Å². The molecule has 0 aromatic carbocycles. The van der Waals surface area contributed by atoms with Gasteiger partial charge < -0.3 is 15.3 Å². The van der Waals surface area contributed by atoms with Crippen LogP contribution in [0.5, 0.6) is 0 Å². The van der Waals surface area contributed by atoms with E-state index in [2.05, 4.69) is 16.9 Å². The highest BCUT2D eigenvalue weighted by atomic mass is 16.3. The zero-order valence-corrected chi connectivity index (χ0v) is 8.81. The van der Waals surface area contributed by atoms with Crippen LogP contribution in [-0.4, -0.2) is 27.6 Å². The number of nitrogens with zero attached hydrogens (tertiary/aromatic N) is 2. The van der Waals surface area contributed by atoms with Gasteiger partial charge in [-0.15, -0.1) is 0 Å². The molecule has 0 bridgehead atoms. The molecule has 0 saturated heterocycles. The van der Waals surface area contributed by atoms with Crippen molar-refractivity contribution in [2.24, 2.45) is 0 Å². The third-order valence-corrected chi connectivity index (χ3v) is 2.46. The molecule has 5 heteroatoms. The van der Waals surface area contributed by atoms with Crippen LogP contribution in [0.3, 0.4) is 0 Å². The standard InChI is InChI=1S/C11H13N3O2/c1-8(15)4-13-11(16)14-6-9-2-3-12-5-10(9)7-14/h2-3,5,15H,1,4,6-7H2,(H,13,16). The number of hydrogen-bond donors (Lipinski definition) is 2. The maximum Gasteiger partial charge on any atom is 0.318 e. The van der Waals surface area contributed by atoms with Gasteiger partial charge in [0.05, 0.1) is 6.54 Å². The van der Waals surface area contributed by atoms with E-state index in [0.29, 0.717) is 13.1 Å². The van der Waals surface area contributed by atoms with Gasteiger partial charge in [0, 0.05) is 25.5 Å². The minimum Gasteiger partial charge on any atom is -0.511 e. The van der Waals surface area contributed by atoms with Crippen LogP contribution in [0.25, 0.3) is 0 Å². The number of aliphatic hydroxyl groups is 1. The zero-order chi connectivity index (χ0) is 11.5. The maximum atomic E-state index is 11.7. The predicted molar refractivity (Wildman–Crippen MR) is 58.7 cm³/mol. The number of nitrogens with one attached hydrogen (secondary N) is 1. The fourth-order valence-corrected chi connectivity index (χ4v) is 1.65. The fraction of sp³-hybridized carbons (Fsp3) is 0.273. The second kappa shape index (κ2) is 4.22. The van der Waals surface area contributed by atoms with Gasteiger partial charge in [-0.2, -0.15) is 0 Å². The largest absolute Gasteiger partial charge is 0.511 e. The van der Waals surface area contributed by atoms with Crippen molar-refractivity contribution in [1.29, 1.82) is 0 Å². The molecule has 2 N–H and O–H groups in total. The molecule has 2 heterocycles. The molecule has 1 aliphatic heterocycles. The molecule has 0 aliphatic carbocycles. The topological polar surface area (TPSA) is 65.5 Å². The van der Waals surface area contributed by atoms with E-state index in [1.54, 1.807) is 17.3 Å². The minimum absolute atomic E-state index is 0.0493. The van der Waals surface area contributed by atoms with Crippen molar-refractivity contribution in [3.8, 4) is 0 Å². The summed E-state index contributed by atoms with van der Waals surface area (Å²) < 4.78 is 0. The number of carbonyl (C=O) groups excluding carboxylic acids is 1. The first kappa shape index (κ1) is 10.5. The van der Waals surface area contributed by atoms with Gasteiger partial charge in [-0.05, 0) is 17.2 Å². The van der Waals surface area contributed by atoms with Crippen molar-refractivity contribution in [2.45, 2.75) is 13.1 Å². The maximum absolute atomic E-state index is 11.7. The van der Waals surface area contributed by atoms with Crippen LogP contribution in [0.15, 0.2) is 30.8 Å². The number of hydrogen-bond acceptors (Lipinski definition) is 3. The van der Waals surface area contributed by atoms with Crippen LogP contribution < -0.4 is 5.32 Å². The molecule has 2 amide bonds. The first-order valence-electron chi connectivity index (χ1n) is 4.98. The molecule has 0 fully saturated rings. The number of carbonyl (C=O) groups is 1. The number of aliphatic hydroxyl groups excluding tert-OH is 1. The van der Waals surface area contributed by atoms with E-state index >= 15 is 0 Å². The van der Waals surface area contributed by atoms with E-state index in [9.17, 15) is 4.79 Å². The number of rotatable bonds is 2. The fourth-order valence-electron chi connectivity index (χ4n) is 1.65. The monoisotopic (exact) mass is 219 g/mol. The van der Waals surface area contributed by atoms with Crippen molar-refractivity contribution in [2.75, 3.05) is 6.54 Å². The summed E-state index contributed by atoms with van der Waals surface area (Å²) in [4.78, 5) is 17.3. The Labute approximate surface area is 93.4 Å². The summed E-state index contributed by atoms with van der Waals surface area (Å²) in [6, 6.07) is 1.71. The van der Waals surface area contributed by atoms with Gasteiger partial charge in [-0.3, -0.25) is 4.98 Å². The van der Waals surface area contributed by atoms with Crippen LogP contribution in [0.2, 0.25) is 0 Å². The summed E-state index contributed by atoms with van der Waals surface area (Å²) in [6.45, 7) is 4.54. The van der Waals surface area contributed by atoms with E-state index in [-0.39, 0.29) is 18.3 Å². The number of fused-ring (bicyclic) bond motifs is 1. The van der Waals surface area contributed by atoms with E-state index in [4.69, 9.17) is 5.11 Å². The van der Waals surface area contributed by atoms with Crippen molar-refractivity contribution >= 4 is 6.03 Å². The predicted octanol–water partition coefficient (Wildman–Crippen LogP) is 1.18. The second-order valence-corrected chi connectivity index (χ2v) is 3.73. The van der Waals surface area contributed by atoms with Crippen molar-refractivity contribution in [3.05, 3.63) is 41.9 Å². The number of urea groups is 1. The molecule has 0 radical (unpaired) electrons. The van der Waals surface area contributed by atoms with Gasteiger partial charge in [0.25, 0.3) is 0 Å². The molecular weight excluding hydrogens is 206 g/mol. The Morgan fingerprint density at radius 1 is 1.56 bits per heavy atom. The summed E-state index contributed by atoms with van der Waals surface area (Å²) >= 11 is 0. The number of pyridine rings is 1. The average Bonchev–Trinajstić information content (AvgIpc) is 2.69. The Morgan fingerprint density at radius 3 is 3.00 bits per heavy atom. The number of amides is 2. The molecule has 84 valence electrons. The van der Waals surface area contributed by atoms with Gasteiger partial charge >= 0.3 is 6.03 Å². The van der Waals surface area contributed by atoms with Crippen LogP contribution in [0, 0.1) is 0 Å². The molecule has 0 atom stereocenters. The van der Waals surface area contributed by atoms with Gasteiger partial charge in [0.2, 0.25) is 0 Å². The van der Waals surface area contributed by atoms with Crippen molar-refractivity contribution in [3.63, 3.8) is 0 Å². The Hall–Kier alpha value is -2.04. The lowest BCUT2D eigenvalue weighted by Crippen LogP contribution is -2.37. The molecule has 5 nitrogen and oxygen atoms in total. The summed E-state index contributed by atoms with van der Waals surface area (Å²) in [5, 5.41) is 11.5. The van der Waals surface area contributed by atoms with Crippen LogP contribution in [0.4, 0.5) is 4.79 Å². The smallest absolute Gasteiger partial charge is 0.318 e. The molecule has 1 aromatic heterocycles. The average molecular weight is 219 g/mol. The van der Waals surface area contributed by atoms with Gasteiger partial charge in [0.1, 0.15) is 5.76 Å². The first-order valence-corrected chi connectivity index (χ1v) is 4.98. The summed E-state index contributed by atoms with van der Waals surface area (Å²) in [6.07, 6.45) is 3.49. The van der Waals surface area contributed by atoms with Crippen LogP contribution in [-0.2, 0) is 13.1 Å². The molecule has 0 spiro atoms. The third kappa shape index (κ3) is 2.13. The highest BCUT2D eigenvalue weighted by molar-refractivity contribution is 5.75. The second-order valence-electron chi connectivity index (χ2n) is 3.73. The third-order valence-electron chi connectivity index (χ3n) is 2.46. The molecule has 1 aliphatic rings. The lowest BCUT2D eigenvalue weighted by Gasteiger charge is -2.15. The SMILES string of the molecule is C=C(O)CNC(=O)N1Cc2ccncc2C1. The highest BCUT2D eigenvalue weighted by Gasteiger charge is 2.22. The molecular formula is C11H13N3O2. The van der Waals surface area contributed by atoms with Crippen LogP contribution >= 0.6 is 0 Å². The Kier molecular flexibility index (Phi) is 2.76. The summed E-state index contributed by atoms with van der Waals surface area (Å²) in [7, 11) is 0. The number of aromatic nitrogens is 1. The van der Waals surface area contributed by atoms with E-state index in [1.807, 2.05) is 6.07 Å². The zero-order valence-electron chi connectivity index (χ0n) is 8.81. The van der Waals surface area contributed by atoms with Crippen molar-refractivity contribution < 1.29 is 9.90 Å². The molecule has 0 saturated carbocycles. The van der Waals surface area contributed by atoms with E-state index in [0.717, 1.165) is 11.1 Å². The van der Waals surface area contributed by atoms with Gasteiger partial charge in [-0.25, -0.2) is 4.79 Å². The first-order chi connectivity index (χ1) is 7.66. The molecule has 1 aromatic rings. The quantitative estimate of drug-likeness (QED) is 0.734. The molecule has 2 rings (SSSR count). The van der Waals surface area contributed by atoms with Gasteiger partial charge in [-0.1, -0.05) is 6.58 Å². The Morgan fingerprint density at radius 2 is 2.31 bits per heavy atom. The highest BCUT2D eigenvalue weighted by Crippen LogP contribution is 2.20. The minimum atomic E-state index is -0.202. The van der Waals surface area contributed by atoms with E-state index in [1.165, 1.54) is 0 Å². The summed E-state index contributed by atoms with van der Waals surface area (Å²) in [5.41, 5.74) is 2.19.